The summed E-state index contributed by atoms with van der Waals surface area (Å²) in [6.07, 6.45) is 4.50. The van der Waals surface area contributed by atoms with Gasteiger partial charge in [-0.1, -0.05) is 12.1 Å². The lowest BCUT2D eigenvalue weighted by Gasteiger charge is -2.05. The van der Waals surface area contributed by atoms with Gasteiger partial charge in [0.1, 0.15) is 0 Å². The monoisotopic (exact) mass is 263 g/mol. The molecule has 1 aromatic heterocycles. The smallest absolute Gasteiger partial charge is 0.222 e. The maximum Gasteiger partial charge on any atom is 0.222 e. The lowest BCUT2D eigenvalue weighted by Crippen LogP contribution is -2.03. The molecule has 0 aliphatic heterocycles. The van der Waals surface area contributed by atoms with Gasteiger partial charge in [-0.2, -0.15) is 0 Å². The summed E-state index contributed by atoms with van der Waals surface area (Å²) in [5.74, 6) is 0.546. The number of aromatic nitrogens is 2. The Morgan fingerprint density at radius 2 is 1.72 bits per heavy atom. The molecule has 0 atom stereocenters. The zero-order valence-corrected chi connectivity index (χ0v) is 10.7. The highest BCUT2D eigenvalue weighted by Crippen LogP contribution is 2.11. The number of rotatable bonds is 4. The van der Waals surface area contributed by atoms with Gasteiger partial charge >= 0.3 is 0 Å². The van der Waals surface area contributed by atoms with Gasteiger partial charge in [0, 0.05) is 25.2 Å². The van der Waals surface area contributed by atoms with Gasteiger partial charge in [0.2, 0.25) is 5.95 Å². The lowest BCUT2D eigenvalue weighted by atomic mass is 10.2. The summed E-state index contributed by atoms with van der Waals surface area (Å²) < 4.78 is 22.6. The van der Waals surface area contributed by atoms with E-state index in [1.807, 2.05) is 0 Å². The van der Waals surface area contributed by atoms with Crippen molar-refractivity contribution in [2.75, 3.05) is 11.6 Å². The van der Waals surface area contributed by atoms with E-state index in [0.717, 1.165) is 5.56 Å². The Bertz CT molecular complexity index is 610. The van der Waals surface area contributed by atoms with Crippen LogP contribution in [0.4, 0.5) is 5.95 Å². The SMILES string of the molecule is CS(=O)(=O)c1ccc(CNc2ncccn2)cc1. The molecule has 1 heterocycles. The molecule has 0 fully saturated rings. The first-order chi connectivity index (χ1) is 8.55. The molecule has 0 aliphatic carbocycles. The number of nitrogens with zero attached hydrogens (tertiary/aromatic N) is 2. The molecule has 94 valence electrons. The molecule has 0 unspecified atom stereocenters. The first kappa shape index (κ1) is 12.5. The fraction of sp³-hybridized carbons (Fsp3) is 0.167. The van der Waals surface area contributed by atoms with Crippen molar-refractivity contribution in [2.45, 2.75) is 11.4 Å². The van der Waals surface area contributed by atoms with Crippen molar-refractivity contribution in [1.82, 2.24) is 9.97 Å². The molecule has 2 rings (SSSR count). The molecule has 5 nitrogen and oxygen atoms in total. The topological polar surface area (TPSA) is 72.0 Å². The van der Waals surface area contributed by atoms with Crippen LogP contribution in [-0.2, 0) is 16.4 Å². The Morgan fingerprint density at radius 1 is 1.11 bits per heavy atom. The molecule has 0 radical (unpaired) electrons. The largest absolute Gasteiger partial charge is 0.350 e. The number of nitrogens with one attached hydrogen (secondary N) is 1. The van der Waals surface area contributed by atoms with Crippen LogP contribution in [-0.4, -0.2) is 24.6 Å². The highest BCUT2D eigenvalue weighted by Gasteiger charge is 2.05. The highest BCUT2D eigenvalue weighted by atomic mass is 32.2. The molecule has 18 heavy (non-hydrogen) atoms. The van der Waals surface area contributed by atoms with E-state index in [1.165, 1.54) is 6.26 Å². The molecule has 0 bridgehead atoms. The maximum atomic E-state index is 11.3. The lowest BCUT2D eigenvalue weighted by molar-refractivity contribution is 0.602. The molecule has 0 amide bonds. The van der Waals surface area contributed by atoms with Crippen LogP contribution in [0.15, 0.2) is 47.6 Å². The van der Waals surface area contributed by atoms with Crippen molar-refractivity contribution in [3.8, 4) is 0 Å². The first-order valence-corrected chi connectivity index (χ1v) is 7.25. The summed E-state index contributed by atoms with van der Waals surface area (Å²) >= 11 is 0. The summed E-state index contributed by atoms with van der Waals surface area (Å²) in [6.45, 7) is 0.550. The van der Waals surface area contributed by atoms with E-state index < -0.39 is 9.84 Å². The van der Waals surface area contributed by atoms with Crippen LogP contribution in [0.1, 0.15) is 5.56 Å². The fourth-order valence-corrected chi connectivity index (χ4v) is 2.06. The average Bonchev–Trinajstić information content (AvgIpc) is 2.37. The quantitative estimate of drug-likeness (QED) is 0.905. The summed E-state index contributed by atoms with van der Waals surface area (Å²) in [4.78, 5) is 8.39. The Kier molecular flexibility index (Phi) is 3.57. The van der Waals surface area contributed by atoms with Crippen LogP contribution in [0, 0.1) is 0 Å². The molecular formula is C12H13N3O2S. The van der Waals surface area contributed by atoms with Gasteiger partial charge in [0.25, 0.3) is 0 Å². The van der Waals surface area contributed by atoms with Crippen molar-refractivity contribution in [1.29, 1.82) is 0 Å². The Labute approximate surface area is 106 Å². The summed E-state index contributed by atoms with van der Waals surface area (Å²) in [5.41, 5.74) is 0.967. The maximum absolute atomic E-state index is 11.3. The van der Waals surface area contributed by atoms with Gasteiger partial charge < -0.3 is 5.32 Å². The first-order valence-electron chi connectivity index (χ1n) is 5.35. The van der Waals surface area contributed by atoms with E-state index in [0.29, 0.717) is 17.4 Å². The second-order valence-electron chi connectivity index (χ2n) is 3.84. The Hall–Kier alpha value is -1.95. The van der Waals surface area contributed by atoms with E-state index in [4.69, 9.17) is 0 Å². The van der Waals surface area contributed by atoms with Crippen molar-refractivity contribution >= 4 is 15.8 Å². The Balaban J connectivity index is 2.03. The van der Waals surface area contributed by atoms with Gasteiger partial charge in [-0.05, 0) is 23.8 Å². The van der Waals surface area contributed by atoms with Gasteiger partial charge in [-0.25, -0.2) is 18.4 Å². The zero-order valence-electron chi connectivity index (χ0n) is 9.87. The second kappa shape index (κ2) is 5.14. The normalized spacial score (nSPS) is 11.2. The van der Waals surface area contributed by atoms with Crippen molar-refractivity contribution in [2.24, 2.45) is 0 Å². The van der Waals surface area contributed by atoms with Crippen LogP contribution in [0.2, 0.25) is 0 Å². The van der Waals surface area contributed by atoms with Crippen molar-refractivity contribution in [3.63, 3.8) is 0 Å². The molecule has 1 N–H and O–H groups in total. The van der Waals surface area contributed by atoms with Gasteiger partial charge in [0.05, 0.1) is 4.90 Å². The molecule has 0 spiro atoms. The van der Waals surface area contributed by atoms with E-state index in [9.17, 15) is 8.42 Å². The van der Waals surface area contributed by atoms with Crippen LogP contribution in [0.3, 0.4) is 0 Å². The van der Waals surface area contributed by atoms with Crippen molar-refractivity contribution < 1.29 is 8.42 Å². The molecule has 0 saturated carbocycles. The predicted octanol–water partition coefficient (Wildman–Crippen LogP) is 1.49. The molecule has 6 heteroatoms. The zero-order chi connectivity index (χ0) is 13.0. The van der Waals surface area contributed by atoms with Crippen LogP contribution < -0.4 is 5.32 Å². The number of hydrogen-bond acceptors (Lipinski definition) is 5. The molecule has 0 saturated heterocycles. The number of benzene rings is 1. The standard InChI is InChI=1S/C12H13N3O2S/c1-18(16,17)11-5-3-10(4-6-11)9-15-12-13-7-2-8-14-12/h2-8H,9H2,1H3,(H,13,14,15). The Morgan fingerprint density at radius 3 is 2.28 bits per heavy atom. The molecule has 2 aromatic rings. The highest BCUT2D eigenvalue weighted by molar-refractivity contribution is 7.90. The molecule has 1 aromatic carbocycles. The third kappa shape index (κ3) is 3.27. The van der Waals surface area contributed by atoms with Gasteiger partial charge in [0.15, 0.2) is 9.84 Å². The van der Waals surface area contributed by atoms with Crippen LogP contribution >= 0.6 is 0 Å². The number of anilines is 1. The van der Waals surface area contributed by atoms with E-state index in [2.05, 4.69) is 15.3 Å². The van der Waals surface area contributed by atoms with E-state index >= 15 is 0 Å². The number of hydrogen-bond donors (Lipinski definition) is 1. The van der Waals surface area contributed by atoms with Crippen LogP contribution in [0.5, 0.6) is 0 Å². The third-order valence-electron chi connectivity index (χ3n) is 2.37. The summed E-state index contributed by atoms with van der Waals surface area (Å²) in [6, 6.07) is 8.47. The molecular weight excluding hydrogens is 250 g/mol. The van der Waals surface area contributed by atoms with E-state index in [-0.39, 0.29) is 0 Å². The number of sulfone groups is 1. The van der Waals surface area contributed by atoms with Crippen molar-refractivity contribution in [3.05, 3.63) is 48.3 Å². The van der Waals surface area contributed by atoms with Gasteiger partial charge in [-0.15, -0.1) is 0 Å². The fourth-order valence-electron chi connectivity index (χ4n) is 1.43. The predicted molar refractivity (Wildman–Crippen MR) is 68.9 cm³/mol. The van der Waals surface area contributed by atoms with E-state index in [1.54, 1.807) is 42.7 Å². The minimum Gasteiger partial charge on any atom is -0.350 e. The second-order valence-corrected chi connectivity index (χ2v) is 5.86. The van der Waals surface area contributed by atoms with Crippen LogP contribution in [0.25, 0.3) is 0 Å². The minimum absolute atomic E-state index is 0.321. The molecule has 0 aliphatic rings. The summed E-state index contributed by atoms with van der Waals surface area (Å²) in [7, 11) is -3.13. The van der Waals surface area contributed by atoms with Gasteiger partial charge in [-0.3, -0.25) is 0 Å². The minimum atomic E-state index is -3.13. The summed E-state index contributed by atoms with van der Waals surface area (Å²) in [5, 5.41) is 3.05. The third-order valence-corrected chi connectivity index (χ3v) is 3.50. The average molecular weight is 263 g/mol.